The lowest BCUT2D eigenvalue weighted by atomic mass is 9.99. The summed E-state index contributed by atoms with van der Waals surface area (Å²) in [6.45, 7) is 10.8. The van der Waals surface area contributed by atoms with Crippen molar-refractivity contribution in [3.8, 4) is 11.8 Å². The van der Waals surface area contributed by atoms with Gasteiger partial charge >= 0.3 is 0 Å². The Morgan fingerprint density at radius 2 is 2.04 bits per heavy atom. The van der Waals surface area contributed by atoms with Crippen LogP contribution in [-0.2, 0) is 4.79 Å². The Morgan fingerprint density at radius 3 is 2.57 bits per heavy atom. The maximum absolute atomic E-state index is 13.3. The Kier molecular flexibility index (Phi) is 8.88. The quantitative estimate of drug-likeness (QED) is 0.426. The second-order valence-electron chi connectivity index (χ2n) is 7.23. The van der Waals surface area contributed by atoms with Gasteiger partial charge in [0.25, 0.3) is 5.91 Å². The van der Waals surface area contributed by atoms with E-state index in [0.717, 1.165) is 12.0 Å². The average Bonchev–Trinajstić information content (AvgIpc) is 2.63. The molecule has 0 aromatic heterocycles. The van der Waals surface area contributed by atoms with Gasteiger partial charge in [-0.1, -0.05) is 36.5 Å². The number of hydrogen-bond acceptors (Lipinski definition) is 2. The number of rotatable bonds is 6. The normalized spacial score (nSPS) is 14.2. The molecule has 2 N–H and O–H groups in total. The van der Waals surface area contributed by atoms with Crippen LogP contribution in [0.3, 0.4) is 0 Å². The molecule has 1 rings (SSSR count). The van der Waals surface area contributed by atoms with E-state index < -0.39 is 11.6 Å². The molecule has 150 valence electrons. The van der Waals surface area contributed by atoms with E-state index in [9.17, 15) is 14.3 Å². The zero-order valence-electron chi connectivity index (χ0n) is 17.6. The molecule has 1 amide bonds. The largest absolute Gasteiger partial charge is 0.388 e. The van der Waals surface area contributed by atoms with Crippen molar-refractivity contribution in [3.63, 3.8) is 0 Å². The van der Waals surface area contributed by atoms with Crippen molar-refractivity contribution in [3.05, 3.63) is 70.6 Å². The van der Waals surface area contributed by atoms with Crippen LogP contribution >= 0.6 is 0 Å². The number of allylic oxidation sites excluding steroid dienone is 4. The van der Waals surface area contributed by atoms with Crippen LogP contribution in [0.15, 0.2) is 59.2 Å². The first-order valence-corrected chi connectivity index (χ1v) is 9.43. The predicted octanol–water partition coefficient (Wildman–Crippen LogP) is 4.68. The molecule has 0 fully saturated rings. The van der Waals surface area contributed by atoms with Crippen LogP contribution in [0.5, 0.6) is 0 Å². The summed E-state index contributed by atoms with van der Waals surface area (Å²) >= 11 is 0. The van der Waals surface area contributed by atoms with Crippen molar-refractivity contribution in [2.75, 3.05) is 0 Å². The highest BCUT2D eigenvalue weighted by Crippen LogP contribution is 2.14. The second kappa shape index (κ2) is 10.6. The van der Waals surface area contributed by atoms with Gasteiger partial charge in [-0.25, -0.2) is 4.39 Å². The highest BCUT2D eigenvalue weighted by Gasteiger charge is 2.24. The van der Waals surface area contributed by atoms with Crippen molar-refractivity contribution in [1.82, 2.24) is 5.32 Å². The highest BCUT2D eigenvalue weighted by atomic mass is 19.1. The second-order valence-corrected chi connectivity index (χ2v) is 7.23. The highest BCUT2D eigenvalue weighted by molar-refractivity contribution is 5.97. The van der Waals surface area contributed by atoms with E-state index >= 15 is 0 Å². The van der Waals surface area contributed by atoms with Gasteiger partial charge in [0.05, 0.1) is 11.6 Å². The summed E-state index contributed by atoms with van der Waals surface area (Å²) in [4.78, 5) is 12.7. The maximum atomic E-state index is 13.3. The first-order chi connectivity index (χ1) is 13.1. The van der Waals surface area contributed by atoms with Crippen LogP contribution in [0.4, 0.5) is 4.39 Å². The van der Waals surface area contributed by atoms with Crippen LogP contribution in [0, 0.1) is 17.7 Å². The zero-order valence-corrected chi connectivity index (χ0v) is 17.6. The van der Waals surface area contributed by atoms with Gasteiger partial charge in [0.1, 0.15) is 5.82 Å². The molecule has 0 aliphatic rings. The number of benzene rings is 1. The third-order valence-corrected chi connectivity index (χ3v) is 4.56. The Labute approximate surface area is 168 Å². The molecule has 0 heterocycles. The van der Waals surface area contributed by atoms with Crippen LogP contribution in [0.2, 0.25) is 0 Å². The topological polar surface area (TPSA) is 49.3 Å². The SMILES string of the molecule is CC=C(C#Cc1cccc(F)c1)C=CC(C(=O)NC(C)C(C)(C)O)=C(C)CC. The summed E-state index contributed by atoms with van der Waals surface area (Å²) in [5, 5.41) is 12.9. The Hall–Kier alpha value is -2.64. The molecular formula is C24H30FNO2. The number of carbonyl (C=O) groups is 1. The van der Waals surface area contributed by atoms with E-state index in [1.165, 1.54) is 12.1 Å². The molecule has 0 aliphatic carbocycles. The van der Waals surface area contributed by atoms with Gasteiger partial charge in [0.15, 0.2) is 0 Å². The summed E-state index contributed by atoms with van der Waals surface area (Å²) < 4.78 is 13.3. The molecule has 0 saturated heterocycles. The van der Waals surface area contributed by atoms with E-state index in [0.29, 0.717) is 16.7 Å². The summed E-state index contributed by atoms with van der Waals surface area (Å²) in [6, 6.07) is 5.71. The minimum atomic E-state index is -1.02. The number of hydrogen-bond donors (Lipinski definition) is 2. The Bertz CT molecular complexity index is 845. The van der Waals surface area contributed by atoms with Gasteiger partial charge in [-0.2, -0.15) is 0 Å². The third kappa shape index (κ3) is 7.54. The molecule has 0 radical (unpaired) electrons. The molecule has 28 heavy (non-hydrogen) atoms. The van der Waals surface area contributed by atoms with Crippen molar-refractivity contribution in [1.29, 1.82) is 0 Å². The molecule has 1 unspecified atom stereocenters. The Balaban J connectivity index is 3.06. The van der Waals surface area contributed by atoms with Crippen molar-refractivity contribution in [2.45, 2.75) is 59.6 Å². The van der Waals surface area contributed by atoms with E-state index in [2.05, 4.69) is 17.2 Å². The lowest BCUT2D eigenvalue weighted by Gasteiger charge is -2.27. The van der Waals surface area contributed by atoms with Crippen LogP contribution in [0.25, 0.3) is 0 Å². The number of halogens is 1. The van der Waals surface area contributed by atoms with Crippen molar-refractivity contribution >= 4 is 5.91 Å². The van der Waals surface area contributed by atoms with Crippen LogP contribution < -0.4 is 5.32 Å². The van der Waals surface area contributed by atoms with Gasteiger partial charge < -0.3 is 10.4 Å². The molecule has 0 spiro atoms. The molecular weight excluding hydrogens is 353 g/mol. The fourth-order valence-corrected chi connectivity index (χ4v) is 2.15. The smallest absolute Gasteiger partial charge is 0.251 e. The van der Waals surface area contributed by atoms with Gasteiger partial charge in [0, 0.05) is 16.7 Å². The monoisotopic (exact) mass is 383 g/mol. The first-order valence-electron chi connectivity index (χ1n) is 9.43. The Morgan fingerprint density at radius 1 is 1.36 bits per heavy atom. The minimum Gasteiger partial charge on any atom is -0.388 e. The van der Waals surface area contributed by atoms with E-state index in [1.807, 2.05) is 26.8 Å². The first kappa shape index (κ1) is 23.4. The third-order valence-electron chi connectivity index (χ3n) is 4.56. The lowest BCUT2D eigenvalue weighted by Crippen LogP contribution is -2.47. The van der Waals surface area contributed by atoms with Gasteiger partial charge in [0.2, 0.25) is 0 Å². The summed E-state index contributed by atoms with van der Waals surface area (Å²) in [5.74, 6) is 5.35. The number of carbonyl (C=O) groups excluding carboxylic acids is 1. The number of nitrogens with one attached hydrogen (secondary N) is 1. The maximum Gasteiger partial charge on any atom is 0.251 e. The molecule has 0 aliphatic heterocycles. The average molecular weight is 384 g/mol. The lowest BCUT2D eigenvalue weighted by molar-refractivity contribution is -0.119. The standard InChI is InChI=1S/C24H30FNO2/c1-7-17(3)22(23(27)26-18(4)24(5,6)28)15-14-19(8-2)12-13-20-10-9-11-21(25)16-20/h8-11,14-16,18,28H,7H2,1-6H3,(H,26,27). The molecule has 1 atom stereocenters. The van der Waals surface area contributed by atoms with E-state index in [1.54, 1.807) is 45.1 Å². The summed E-state index contributed by atoms with van der Waals surface area (Å²) in [6.07, 6.45) is 6.07. The van der Waals surface area contributed by atoms with E-state index in [-0.39, 0.29) is 11.7 Å². The van der Waals surface area contributed by atoms with Crippen LogP contribution in [0.1, 0.15) is 53.5 Å². The molecule has 4 heteroatoms. The van der Waals surface area contributed by atoms with Crippen molar-refractivity contribution in [2.24, 2.45) is 0 Å². The van der Waals surface area contributed by atoms with E-state index in [4.69, 9.17) is 0 Å². The van der Waals surface area contributed by atoms with Gasteiger partial charge in [-0.15, -0.1) is 0 Å². The number of amides is 1. The predicted molar refractivity (Wildman–Crippen MR) is 113 cm³/mol. The molecule has 1 aromatic rings. The molecule has 0 saturated carbocycles. The fraction of sp³-hybridized carbons (Fsp3) is 0.375. The molecule has 3 nitrogen and oxygen atoms in total. The van der Waals surface area contributed by atoms with Gasteiger partial charge in [-0.3, -0.25) is 4.79 Å². The molecule has 0 bridgehead atoms. The summed E-state index contributed by atoms with van der Waals surface area (Å²) in [5.41, 5.74) is 1.77. The van der Waals surface area contributed by atoms with Crippen molar-refractivity contribution < 1.29 is 14.3 Å². The minimum absolute atomic E-state index is 0.237. The van der Waals surface area contributed by atoms with Crippen LogP contribution in [-0.4, -0.2) is 22.7 Å². The molecule has 1 aromatic carbocycles. The zero-order chi connectivity index (χ0) is 21.3. The summed E-state index contributed by atoms with van der Waals surface area (Å²) in [7, 11) is 0. The fourth-order valence-electron chi connectivity index (χ4n) is 2.15. The number of aliphatic hydroxyl groups is 1. The van der Waals surface area contributed by atoms with Gasteiger partial charge in [-0.05, 0) is 71.4 Å².